The molecule has 1 N–H and O–H groups in total. The Morgan fingerprint density at radius 2 is 1.91 bits per heavy atom. The van der Waals surface area contributed by atoms with E-state index in [-0.39, 0.29) is 11.7 Å². The number of anilines is 1. The standard InChI is InChI=1S/C28H25ClFNO4/c1-5-34-27-17(3)28-22(23(15-35-28)18-6-9-20(30)10-7-18)14-21(27)16(2)12-26(32)31-24-13-19(29)8-11-25(24)33-4/h6-15H,5H2,1-4H3,(H,31,32)/b16-12+. The minimum atomic E-state index is -0.339. The number of hydrogen-bond donors (Lipinski definition) is 1. The molecule has 0 fully saturated rings. The van der Waals surface area contributed by atoms with Crippen molar-refractivity contribution in [1.82, 2.24) is 0 Å². The highest BCUT2D eigenvalue weighted by molar-refractivity contribution is 6.31. The Kier molecular flexibility index (Phi) is 7.12. The molecule has 0 saturated heterocycles. The number of nitrogens with one attached hydrogen (secondary N) is 1. The molecule has 3 aromatic carbocycles. The smallest absolute Gasteiger partial charge is 0.248 e. The summed E-state index contributed by atoms with van der Waals surface area (Å²) in [4.78, 5) is 12.9. The Morgan fingerprint density at radius 1 is 1.17 bits per heavy atom. The van der Waals surface area contributed by atoms with Crippen LogP contribution < -0.4 is 14.8 Å². The number of aryl methyl sites for hydroxylation is 1. The number of furan rings is 1. The molecule has 0 radical (unpaired) electrons. The number of carbonyl (C=O) groups is 1. The molecular weight excluding hydrogens is 469 g/mol. The molecule has 0 aliphatic heterocycles. The van der Waals surface area contributed by atoms with Gasteiger partial charge in [-0.05, 0) is 68.3 Å². The van der Waals surface area contributed by atoms with Crippen LogP contribution in [0.25, 0.3) is 27.7 Å². The lowest BCUT2D eigenvalue weighted by Crippen LogP contribution is -2.10. The Hall–Kier alpha value is -3.77. The number of halogens is 2. The van der Waals surface area contributed by atoms with Crippen LogP contribution >= 0.6 is 11.6 Å². The second-order valence-corrected chi connectivity index (χ2v) is 8.44. The van der Waals surface area contributed by atoms with Gasteiger partial charge in [0.15, 0.2) is 0 Å². The molecule has 0 bridgehead atoms. The SMILES string of the molecule is CCOc1c(/C(C)=C/C(=O)Nc2cc(Cl)ccc2OC)cc2c(-c3ccc(F)cc3)coc2c1C. The summed E-state index contributed by atoms with van der Waals surface area (Å²) in [5.41, 5.74) is 5.08. The van der Waals surface area contributed by atoms with Gasteiger partial charge in [0.25, 0.3) is 0 Å². The fourth-order valence-electron chi connectivity index (χ4n) is 4.01. The average Bonchev–Trinajstić information content (AvgIpc) is 3.25. The normalized spacial score (nSPS) is 11.5. The molecule has 180 valence electrons. The van der Waals surface area contributed by atoms with E-state index in [2.05, 4.69) is 5.32 Å². The van der Waals surface area contributed by atoms with E-state index in [9.17, 15) is 9.18 Å². The van der Waals surface area contributed by atoms with Gasteiger partial charge >= 0.3 is 0 Å². The Morgan fingerprint density at radius 3 is 2.60 bits per heavy atom. The molecule has 0 atom stereocenters. The van der Waals surface area contributed by atoms with Crippen LogP contribution in [0.1, 0.15) is 25.0 Å². The van der Waals surface area contributed by atoms with Crippen molar-refractivity contribution >= 4 is 39.7 Å². The van der Waals surface area contributed by atoms with Gasteiger partial charge in [-0.15, -0.1) is 0 Å². The molecule has 1 aromatic heterocycles. The molecule has 5 nitrogen and oxygen atoms in total. The molecule has 1 heterocycles. The zero-order valence-electron chi connectivity index (χ0n) is 19.9. The number of hydrogen-bond acceptors (Lipinski definition) is 4. The van der Waals surface area contributed by atoms with Crippen LogP contribution in [0.4, 0.5) is 10.1 Å². The monoisotopic (exact) mass is 493 g/mol. The van der Waals surface area contributed by atoms with Crippen molar-refractivity contribution in [3.8, 4) is 22.6 Å². The van der Waals surface area contributed by atoms with Crippen LogP contribution in [0, 0.1) is 12.7 Å². The molecule has 35 heavy (non-hydrogen) atoms. The third-order valence-electron chi connectivity index (χ3n) is 5.68. The lowest BCUT2D eigenvalue weighted by molar-refractivity contribution is -0.111. The van der Waals surface area contributed by atoms with E-state index in [1.54, 1.807) is 36.6 Å². The van der Waals surface area contributed by atoms with Crippen molar-refractivity contribution in [3.63, 3.8) is 0 Å². The molecule has 0 saturated carbocycles. The minimum absolute atomic E-state index is 0.307. The first kappa shape index (κ1) is 24.4. The number of amides is 1. The topological polar surface area (TPSA) is 60.7 Å². The molecule has 4 rings (SSSR count). The van der Waals surface area contributed by atoms with Gasteiger partial charge < -0.3 is 19.2 Å². The van der Waals surface area contributed by atoms with Crippen molar-refractivity contribution < 1.29 is 23.1 Å². The van der Waals surface area contributed by atoms with Crippen molar-refractivity contribution in [1.29, 1.82) is 0 Å². The van der Waals surface area contributed by atoms with Crippen molar-refractivity contribution in [2.24, 2.45) is 0 Å². The van der Waals surface area contributed by atoms with E-state index in [4.69, 9.17) is 25.5 Å². The van der Waals surface area contributed by atoms with Crippen LogP contribution in [0.5, 0.6) is 11.5 Å². The highest BCUT2D eigenvalue weighted by Crippen LogP contribution is 2.41. The molecule has 0 aliphatic rings. The summed E-state index contributed by atoms with van der Waals surface area (Å²) in [5.74, 6) is 0.498. The fraction of sp³-hybridized carbons (Fsp3) is 0.179. The third kappa shape index (κ3) is 5.03. The predicted molar refractivity (Wildman–Crippen MR) is 138 cm³/mol. The van der Waals surface area contributed by atoms with E-state index in [0.29, 0.717) is 40.0 Å². The zero-order valence-corrected chi connectivity index (χ0v) is 20.6. The molecule has 0 unspecified atom stereocenters. The van der Waals surface area contributed by atoms with Crippen molar-refractivity contribution in [3.05, 3.63) is 82.8 Å². The van der Waals surface area contributed by atoms with Gasteiger partial charge in [-0.1, -0.05) is 23.7 Å². The quantitative estimate of drug-likeness (QED) is 0.268. The molecule has 0 aliphatic carbocycles. The van der Waals surface area contributed by atoms with Gasteiger partial charge in [0.1, 0.15) is 22.9 Å². The third-order valence-corrected chi connectivity index (χ3v) is 5.91. The summed E-state index contributed by atoms with van der Waals surface area (Å²) in [7, 11) is 1.52. The maximum absolute atomic E-state index is 13.5. The molecule has 0 spiro atoms. The van der Waals surface area contributed by atoms with E-state index in [0.717, 1.165) is 27.6 Å². The van der Waals surface area contributed by atoms with Gasteiger partial charge in [-0.3, -0.25) is 4.79 Å². The van der Waals surface area contributed by atoms with Gasteiger partial charge in [0.2, 0.25) is 5.91 Å². The molecule has 4 aromatic rings. The number of methoxy groups -OCH3 is 1. The number of allylic oxidation sites excluding steroid dienone is 1. The first-order valence-electron chi connectivity index (χ1n) is 11.1. The summed E-state index contributed by atoms with van der Waals surface area (Å²) in [5, 5.41) is 4.15. The summed E-state index contributed by atoms with van der Waals surface area (Å²) in [6.07, 6.45) is 3.16. The summed E-state index contributed by atoms with van der Waals surface area (Å²) in [6.45, 7) is 6.11. The molecule has 1 amide bonds. The maximum atomic E-state index is 13.5. The van der Waals surface area contributed by atoms with Crippen molar-refractivity contribution in [2.75, 3.05) is 19.0 Å². The second-order valence-electron chi connectivity index (χ2n) is 8.01. The molecule has 7 heteroatoms. The summed E-state index contributed by atoms with van der Waals surface area (Å²) >= 11 is 6.08. The Bertz CT molecular complexity index is 1420. The lowest BCUT2D eigenvalue weighted by atomic mass is 9.96. The maximum Gasteiger partial charge on any atom is 0.248 e. The van der Waals surface area contributed by atoms with E-state index < -0.39 is 0 Å². The van der Waals surface area contributed by atoms with Gasteiger partial charge in [0, 0.05) is 33.2 Å². The fourth-order valence-corrected chi connectivity index (χ4v) is 4.19. The predicted octanol–water partition coefficient (Wildman–Crippen LogP) is 7.65. The number of rotatable bonds is 7. The van der Waals surface area contributed by atoms with Gasteiger partial charge in [-0.25, -0.2) is 4.39 Å². The van der Waals surface area contributed by atoms with Crippen LogP contribution in [0.2, 0.25) is 5.02 Å². The summed E-state index contributed by atoms with van der Waals surface area (Å²) in [6, 6.07) is 13.2. The van der Waals surface area contributed by atoms with Crippen LogP contribution in [-0.4, -0.2) is 19.6 Å². The Balaban J connectivity index is 1.77. The first-order chi connectivity index (χ1) is 16.8. The molecular formula is C28H25ClFNO4. The van der Waals surface area contributed by atoms with Crippen molar-refractivity contribution in [2.45, 2.75) is 20.8 Å². The highest BCUT2D eigenvalue weighted by atomic mass is 35.5. The number of carbonyl (C=O) groups excluding carboxylic acids is 1. The largest absolute Gasteiger partial charge is 0.495 e. The van der Waals surface area contributed by atoms with E-state index >= 15 is 0 Å². The minimum Gasteiger partial charge on any atom is -0.495 e. The van der Waals surface area contributed by atoms with Crippen LogP contribution in [-0.2, 0) is 4.79 Å². The van der Waals surface area contributed by atoms with Crippen LogP contribution in [0.15, 0.2) is 65.3 Å². The first-order valence-corrected chi connectivity index (χ1v) is 11.5. The zero-order chi connectivity index (χ0) is 25.1. The van der Waals surface area contributed by atoms with E-state index in [1.165, 1.54) is 25.3 Å². The lowest BCUT2D eigenvalue weighted by Gasteiger charge is -2.15. The Labute approximate surface area is 208 Å². The number of benzene rings is 3. The van der Waals surface area contributed by atoms with Gasteiger partial charge in [0.05, 0.1) is 25.7 Å². The highest BCUT2D eigenvalue weighted by Gasteiger charge is 2.19. The average molecular weight is 494 g/mol. The van der Waals surface area contributed by atoms with Crippen LogP contribution in [0.3, 0.4) is 0 Å². The van der Waals surface area contributed by atoms with E-state index in [1.807, 2.05) is 26.8 Å². The number of fused-ring (bicyclic) bond motifs is 1. The van der Waals surface area contributed by atoms with Gasteiger partial charge in [-0.2, -0.15) is 0 Å². The summed E-state index contributed by atoms with van der Waals surface area (Å²) < 4.78 is 30.6. The number of ether oxygens (including phenoxy) is 2. The second kappa shape index (κ2) is 10.2.